The molecule has 3 N–H and O–H groups in total. The van der Waals surface area contributed by atoms with Gasteiger partial charge in [-0.05, 0) is 55.1 Å². The van der Waals surface area contributed by atoms with Crippen LogP contribution in [0.25, 0.3) is 0 Å². The van der Waals surface area contributed by atoms with Crippen molar-refractivity contribution in [2.75, 3.05) is 20.1 Å². The van der Waals surface area contributed by atoms with Crippen molar-refractivity contribution in [2.45, 2.75) is 37.0 Å². The standard InChI is InChI=1S/C20H26N2O3S2/c1-22(9-8-21)18-13-6-7-14(18)15(12-13)25-19(23)20(24,16-4-2-10-26-16)17-5-3-11-27-17/h2-5,10-11,13-15,18,24H,6-9,12,21H2,1H3/t13-,14+,15+,18?/m0/s1. The summed E-state index contributed by atoms with van der Waals surface area (Å²) >= 11 is 2.75. The zero-order chi connectivity index (χ0) is 19.0. The first-order valence-electron chi connectivity index (χ1n) is 9.47. The van der Waals surface area contributed by atoms with Crippen molar-refractivity contribution in [1.29, 1.82) is 0 Å². The summed E-state index contributed by atoms with van der Waals surface area (Å²) in [6.07, 6.45) is 2.99. The van der Waals surface area contributed by atoms with E-state index in [1.54, 1.807) is 12.1 Å². The van der Waals surface area contributed by atoms with Gasteiger partial charge in [0.25, 0.3) is 0 Å². The Morgan fingerprint density at radius 3 is 2.52 bits per heavy atom. The van der Waals surface area contributed by atoms with Gasteiger partial charge in [-0.1, -0.05) is 12.1 Å². The Morgan fingerprint density at radius 1 is 1.30 bits per heavy atom. The van der Waals surface area contributed by atoms with Crippen LogP contribution in [0.2, 0.25) is 0 Å². The molecule has 0 saturated heterocycles. The summed E-state index contributed by atoms with van der Waals surface area (Å²) in [6, 6.07) is 7.71. The maximum absolute atomic E-state index is 13.2. The Balaban J connectivity index is 1.55. The fourth-order valence-electron chi connectivity index (χ4n) is 4.92. The van der Waals surface area contributed by atoms with Crippen molar-refractivity contribution in [1.82, 2.24) is 4.90 Å². The number of thiophene rings is 2. The van der Waals surface area contributed by atoms with Gasteiger partial charge in [-0.15, -0.1) is 22.7 Å². The number of esters is 1. The summed E-state index contributed by atoms with van der Waals surface area (Å²) in [7, 11) is 2.11. The molecule has 0 aromatic carbocycles. The van der Waals surface area contributed by atoms with Crippen molar-refractivity contribution in [2.24, 2.45) is 17.6 Å². The van der Waals surface area contributed by atoms with Crippen LogP contribution in [-0.4, -0.2) is 48.3 Å². The van der Waals surface area contributed by atoms with Gasteiger partial charge in [-0.3, -0.25) is 0 Å². The average molecular weight is 407 g/mol. The summed E-state index contributed by atoms with van der Waals surface area (Å²) in [5.74, 6) is 0.317. The summed E-state index contributed by atoms with van der Waals surface area (Å²) in [5.41, 5.74) is 4.01. The lowest BCUT2D eigenvalue weighted by Gasteiger charge is -2.30. The van der Waals surface area contributed by atoms with Gasteiger partial charge in [-0.2, -0.15) is 0 Å². The summed E-state index contributed by atoms with van der Waals surface area (Å²) < 4.78 is 5.98. The van der Waals surface area contributed by atoms with Gasteiger partial charge in [0, 0.05) is 25.0 Å². The van der Waals surface area contributed by atoms with E-state index in [0.29, 0.717) is 34.2 Å². The molecule has 2 bridgehead atoms. The Hall–Kier alpha value is -1.25. The minimum absolute atomic E-state index is 0.132. The van der Waals surface area contributed by atoms with Gasteiger partial charge < -0.3 is 20.5 Å². The van der Waals surface area contributed by atoms with Crippen molar-refractivity contribution in [3.63, 3.8) is 0 Å². The first-order chi connectivity index (χ1) is 13.1. The quantitative estimate of drug-likeness (QED) is 0.692. The van der Waals surface area contributed by atoms with E-state index >= 15 is 0 Å². The summed E-state index contributed by atoms with van der Waals surface area (Å²) in [5, 5.41) is 15.2. The minimum Gasteiger partial charge on any atom is -0.459 e. The maximum atomic E-state index is 13.2. The number of nitrogens with two attached hydrogens (primary N) is 1. The van der Waals surface area contributed by atoms with E-state index in [1.165, 1.54) is 29.1 Å². The third-order valence-electron chi connectivity index (χ3n) is 6.11. The molecule has 2 aliphatic rings. The Bertz CT molecular complexity index is 728. The first-order valence-corrected chi connectivity index (χ1v) is 11.2. The largest absolute Gasteiger partial charge is 0.459 e. The molecule has 2 saturated carbocycles. The third-order valence-corrected chi connectivity index (χ3v) is 8.06. The molecular formula is C20H26N2O3S2. The summed E-state index contributed by atoms with van der Waals surface area (Å²) in [6.45, 7) is 1.49. The molecule has 5 nitrogen and oxygen atoms in total. The van der Waals surface area contributed by atoms with E-state index in [0.717, 1.165) is 19.4 Å². The number of carbonyl (C=O) groups is 1. The molecule has 146 valence electrons. The fraction of sp³-hybridized carbons (Fsp3) is 0.550. The molecule has 27 heavy (non-hydrogen) atoms. The first kappa shape index (κ1) is 19.1. The molecular weight excluding hydrogens is 380 g/mol. The Kier molecular flexibility index (Phi) is 5.40. The number of hydrogen-bond donors (Lipinski definition) is 2. The van der Waals surface area contributed by atoms with Gasteiger partial charge >= 0.3 is 5.97 Å². The molecule has 2 heterocycles. The summed E-state index contributed by atoms with van der Waals surface area (Å²) in [4.78, 5) is 16.7. The molecule has 4 rings (SSSR count). The van der Waals surface area contributed by atoms with Crippen LogP contribution in [0, 0.1) is 11.8 Å². The lowest BCUT2D eigenvalue weighted by atomic mass is 9.96. The van der Waals surface area contributed by atoms with Gasteiger partial charge in [0.2, 0.25) is 5.60 Å². The van der Waals surface area contributed by atoms with Crippen molar-refractivity contribution < 1.29 is 14.6 Å². The van der Waals surface area contributed by atoms with E-state index < -0.39 is 11.6 Å². The predicted molar refractivity (Wildman–Crippen MR) is 108 cm³/mol. The molecule has 2 aromatic rings. The topological polar surface area (TPSA) is 75.8 Å². The van der Waals surface area contributed by atoms with Gasteiger partial charge in [0.05, 0.1) is 9.75 Å². The SMILES string of the molecule is CN(CCN)C1[C@H]2CC[C@@H]1[C@H](OC(=O)C(O)(c1cccs1)c1cccs1)C2. The molecule has 7 heteroatoms. The molecule has 4 atom stereocenters. The number of ether oxygens (including phenoxy) is 1. The lowest BCUT2D eigenvalue weighted by Crippen LogP contribution is -2.42. The fourth-order valence-corrected chi connectivity index (χ4v) is 6.64. The molecule has 1 unspecified atom stereocenters. The highest BCUT2D eigenvalue weighted by molar-refractivity contribution is 7.12. The van der Waals surface area contributed by atoms with Crippen LogP contribution in [0.5, 0.6) is 0 Å². The van der Waals surface area contributed by atoms with Crippen molar-refractivity contribution in [3.8, 4) is 0 Å². The smallest absolute Gasteiger partial charge is 0.349 e. The zero-order valence-corrected chi connectivity index (χ0v) is 17.0. The predicted octanol–water partition coefficient (Wildman–Crippen LogP) is 2.65. The van der Waals surface area contributed by atoms with E-state index in [9.17, 15) is 9.90 Å². The third kappa shape index (κ3) is 3.25. The maximum Gasteiger partial charge on any atom is 0.349 e. The normalized spacial score (nSPS) is 27.4. The van der Waals surface area contributed by atoms with Crippen molar-refractivity contribution >= 4 is 28.6 Å². The number of nitrogens with zero attached hydrogens (tertiary/aromatic N) is 1. The average Bonchev–Trinajstić information content (AvgIpc) is 3.45. The van der Waals surface area contributed by atoms with E-state index in [-0.39, 0.29) is 6.10 Å². The van der Waals surface area contributed by atoms with Crippen LogP contribution in [0.15, 0.2) is 35.0 Å². The number of carbonyl (C=O) groups excluding carboxylic acids is 1. The number of likely N-dealkylation sites (N-methyl/N-ethyl adjacent to an activating group) is 1. The monoisotopic (exact) mass is 406 g/mol. The van der Waals surface area contributed by atoms with E-state index in [1.807, 2.05) is 22.9 Å². The molecule has 0 amide bonds. The second kappa shape index (κ2) is 7.64. The number of hydrogen-bond acceptors (Lipinski definition) is 7. The van der Waals surface area contributed by atoms with Crippen LogP contribution in [-0.2, 0) is 15.1 Å². The van der Waals surface area contributed by atoms with Crippen LogP contribution in [0.3, 0.4) is 0 Å². The van der Waals surface area contributed by atoms with Gasteiger partial charge in [0.15, 0.2) is 0 Å². The molecule has 0 aliphatic heterocycles. The lowest BCUT2D eigenvalue weighted by molar-refractivity contribution is -0.170. The van der Waals surface area contributed by atoms with Crippen LogP contribution in [0.1, 0.15) is 29.0 Å². The second-order valence-electron chi connectivity index (χ2n) is 7.61. The Morgan fingerprint density at radius 2 is 1.96 bits per heavy atom. The van der Waals surface area contributed by atoms with Crippen LogP contribution >= 0.6 is 22.7 Å². The molecule has 2 fully saturated rings. The zero-order valence-electron chi connectivity index (χ0n) is 15.4. The Labute approximate surface area is 167 Å². The highest BCUT2D eigenvalue weighted by Gasteiger charge is 2.53. The van der Waals surface area contributed by atoms with Gasteiger partial charge in [-0.25, -0.2) is 4.79 Å². The molecule has 0 spiro atoms. The second-order valence-corrected chi connectivity index (χ2v) is 9.50. The van der Waals surface area contributed by atoms with Crippen LogP contribution in [0.4, 0.5) is 0 Å². The van der Waals surface area contributed by atoms with E-state index in [2.05, 4.69) is 11.9 Å². The molecule has 2 aliphatic carbocycles. The highest BCUT2D eigenvalue weighted by atomic mass is 32.1. The van der Waals surface area contributed by atoms with Crippen LogP contribution < -0.4 is 5.73 Å². The van der Waals surface area contributed by atoms with Crippen molar-refractivity contribution in [3.05, 3.63) is 44.8 Å². The number of rotatable bonds is 7. The number of aliphatic hydroxyl groups is 1. The highest BCUT2D eigenvalue weighted by Crippen LogP contribution is 2.49. The number of fused-ring (bicyclic) bond motifs is 2. The minimum atomic E-state index is -1.72. The van der Waals surface area contributed by atoms with E-state index in [4.69, 9.17) is 10.5 Å². The molecule has 2 aromatic heterocycles. The van der Waals surface area contributed by atoms with Gasteiger partial charge in [0.1, 0.15) is 6.10 Å². The molecule has 0 radical (unpaired) electrons.